The molecule has 0 aliphatic heterocycles. The Labute approximate surface area is 144 Å². The van der Waals surface area contributed by atoms with E-state index in [-0.39, 0.29) is 5.56 Å². The van der Waals surface area contributed by atoms with Crippen LogP contribution in [0.1, 0.15) is 49.5 Å². The van der Waals surface area contributed by atoms with E-state index < -0.39 is 0 Å². The lowest BCUT2D eigenvalue weighted by atomic mass is 10.2. The van der Waals surface area contributed by atoms with Crippen LogP contribution in [0.15, 0.2) is 9.95 Å². The van der Waals surface area contributed by atoms with Crippen LogP contribution >= 0.6 is 23.1 Å². The highest BCUT2D eigenvalue weighted by Gasteiger charge is 2.23. The first kappa shape index (κ1) is 16.5. The molecule has 0 saturated heterocycles. The number of hydrogen-bond donors (Lipinski definition) is 0. The van der Waals surface area contributed by atoms with Crippen molar-refractivity contribution in [2.45, 2.75) is 63.6 Å². The number of nitriles is 1. The van der Waals surface area contributed by atoms with Crippen LogP contribution < -0.4 is 5.56 Å². The van der Waals surface area contributed by atoms with Crippen molar-refractivity contribution in [3.8, 4) is 6.07 Å². The van der Waals surface area contributed by atoms with Gasteiger partial charge in [0.15, 0.2) is 5.16 Å². The quantitative estimate of drug-likeness (QED) is 0.429. The first-order valence-corrected chi connectivity index (χ1v) is 10.1. The van der Waals surface area contributed by atoms with Gasteiger partial charge >= 0.3 is 0 Å². The largest absolute Gasteiger partial charge is 0.287 e. The van der Waals surface area contributed by atoms with Crippen molar-refractivity contribution in [2.24, 2.45) is 0 Å². The summed E-state index contributed by atoms with van der Waals surface area (Å²) >= 11 is 3.05. The van der Waals surface area contributed by atoms with Crippen LogP contribution in [-0.4, -0.2) is 15.3 Å². The maximum atomic E-state index is 13.0. The average Bonchev–Trinajstić information content (AvgIpc) is 3.11. The third-order valence-electron chi connectivity index (χ3n) is 4.29. The third kappa shape index (κ3) is 3.31. The van der Waals surface area contributed by atoms with Crippen LogP contribution in [0, 0.1) is 11.3 Å². The summed E-state index contributed by atoms with van der Waals surface area (Å²) in [5.41, 5.74) is 1.34. The Morgan fingerprint density at radius 1 is 1.35 bits per heavy atom. The van der Waals surface area contributed by atoms with Gasteiger partial charge < -0.3 is 0 Å². The van der Waals surface area contributed by atoms with Gasteiger partial charge in [0, 0.05) is 11.4 Å². The van der Waals surface area contributed by atoms with Gasteiger partial charge in [-0.2, -0.15) is 5.26 Å². The van der Waals surface area contributed by atoms with Gasteiger partial charge in [0.25, 0.3) is 5.56 Å². The van der Waals surface area contributed by atoms with E-state index in [9.17, 15) is 4.79 Å². The summed E-state index contributed by atoms with van der Waals surface area (Å²) in [7, 11) is 0. The Balaban J connectivity index is 2.00. The molecule has 2 aromatic heterocycles. The third-order valence-corrected chi connectivity index (χ3v) is 6.32. The van der Waals surface area contributed by atoms with Crippen LogP contribution in [0.25, 0.3) is 10.2 Å². The van der Waals surface area contributed by atoms with E-state index in [0.717, 1.165) is 42.3 Å². The van der Waals surface area contributed by atoms with Crippen molar-refractivity contribution < 1.29 is 0 Å². The van der Waals surface area contributed by atoms with Crippen molar-refractivity contribution in [3.63, 3.8) is 0 Å². The van der Waals surface area contributed by atoms with Crippen LogP contribution in [0.2, 0.25) is 0 Å². The highest BCUT2D eigenvalue weighted by molar-refractivity contribution is 7.99. The van der Waals surface area contributed by atoms with Gasteiger partial charge in [-0.1, -0.05) is 37.9 Å². The molecule has 0 N–H and O–H groups in total. The van der Waals surface area contributed by atoms with Gasteiger partial charge in [-0.25, -0.2) is 4.98 Å². The Bertz CT molecular complexity index is 801. The second kappa shape index (κ2) is 7.50. The number of unbranched alkanes of at least 4 members (excludes halogenated alkanes) is 3. The van der Waals surface area contributed by atoms with Crippen LogP contribution in [0.3, 0.4) is 0 Å². The zero-order valence-corrected chi connectivity index (χ0v) is 15.1. The van der Waals surface area contributed by atoms with Crippen molar-refractivity contribution in [1.29, 1.82) is 5.26 Å². The van der Waals surface area contributed by atoms with Crippen molar-refractivity contribution in [1.82, 2.24) is 9.55 Å². The number of rotatable bonds is 7. The van der Waals surface area contributed by atoms with Gasteiger partial charge in [-0.05, 0) is 31.2 Å². The molecule has 2 heterocycles. The summed E-state index contributed by atoms with van der Waals surface area (Å²) in [6, 6.07) is 2.14. The Morgan fingerprint density at radius 3 is 3.00 bits per heavy atom. The molecule has 1 aliphatic carbocycles. The van der Waals surface area contributed by atoms with E-state index in [1.54, 1.807) is 11.3 Å². The van der Waals surface area contributed by atoms with Gasteiger partial charge in [0.1, 0.15) is 4.83 Å². The van der Waals surface area contributed by atoms with Gasteiger partial charge in [-0.3, -0.25) is 9.36 Å². The van der Waals surface area contributed by atoms with Gasteiger partial charge in [0.2, 0.25) is 0 Å². The number of thiophene rings is 1. The molecule has 0 bridgehead atoms. The summed E-state index contributed by atoms with van der Waals surface area (Å²) in [4.78, 5) is 20.0. The van der Waals surface area contributed by atoms with E-state index in [1.807, 2.05) is 4.57 Å². The van der Waals surface area contributed by atoms with Crippen molar-refractivity contribution in [2.75, 3.05) is 5.75 Å². The zero-order chi connectivity index (χ0) is 16.2. The number of aryl methyl sites for hydroxylation is 2. The van der Waals surface area contributed by atoms with Crippen molar-refractivity contribution >= 4 is 33.3 Å². The fourth-order valence-electron chi connectivity index (χ4n) is 3.16. The maximum Gasteiger partial charge on any atom is 0.263 e. The summed E-state index contributed by atoms with van der Waals surface area (Å²) < 4.78 is 1.81. The number of hydrogen-bond acceptors (Lipinski definition) is 5. The molecule has 0 radical (unpaired) electrons. The number of aromatic nitrogens is 2. The Hall–Kier alpha value is -1.32. The maximum absolute atomic E-state index is 13.0. The monoisotopic (exact) mass is 347 g/mol. The molecular formula is C17H21N3OS2. The molecule has 0 spiro atoms. The molecule has 0 amide bonds. The smallest absolute Gasteiger partial charge is 0.263 e. The summed E-state index contributed by atoms with van der Waals surface area (Å²) in [6.07, 6.45) is 7.73. The fraction of sp³-hybridized carbons (Fsp3) is 0.588. The molecule has 23 heavy (non-hydrogen) atoms. The molecule has 4 nitrogen and oxygen atoms in total. The number of thioether (sulfide) groups is 1. The second-order valence-corrected chi connectivity index (χ2v) is 7.92. The van der Waals surface area contributed by atoms with Crippen LogP contribution in [0.5, 0.6) is 0 Å². The molecule has 2 aromatic rings. The predicted molar refractivity (Wildman–Crippen MR) is 96.4 cm³/mol. The van der Waals surface area contributed by atoms with Crippen LogP contribution in [0.4, 0.5) is 0 Å². The van der Waals surface area contributed by atoms with Crippen LogP contribution in [-0.2, 0) is 19.4 Å². The molecule has 1 aliphatic rings. The minimum absolute atomic E-state index is 0.103. The summed E-state index contributed by atoms with van der Waals surface area (Å²) in [5, 5.41) is 10.4. The molecule has 122 valence electrons. The first-order chi connectivity index (χ1) is 11.3. The molecule has 3 rings (SSSR count). The van der Waals surface area contributed by atoms with E-state index >= 15 is 0 Å². The zero-order valence-electron chi connectivity index (χ0n) is 13.4. The topological polar surface area (TPSA) is 58.7 Å². The van der Waals surface area contributed by atoms with E-state index in [0.29, 0.717) is 17.5 Å². The fourth-order valence-corrected chi connectivity index (χ4v) is 5.15. The molecule has 0 fully saturated rings. The highest BCUT2D eigenvalue weighted by Crippen LogP contribution is 2.35. The van der Waals surface area contributed by atoms with Gasteiger partial charge in [-0.15, -0.1) is 11.3 Å². The highest BCUT2D eigenvalue weighted by atomic mass is 32.2. The lowest BCUT2D eigenvalue weighted by molar-refractivity contribution is 0.532. The van der Waals surface area contributed by atoms with E-state index in [4.69, 9.17) is 10.2 Å². The lowest BCUT2D eigenvalue weighted by Crippen LogP contribution is -2.23. The first-order valence-electron chi connectivity index (χ1n) is 8.31. The molecule has 0 atom stereocenters. The molecule has 0 unspecified atom stereocenters. The second-order valence-electron chi connectivity index (χ2n) is 5.90. The minimum atomic E-state index is 0.103. The van der Waals surface area contributed by atoms with Crippen molar-refractivity contribution in [3.05, 3.63) is 20.8 Å². The molecule has 0 aromatic carbocycles. The normalized spacial score (nSPS) is 13.4. The number of fused-ring (bicyclic) bond motifs is 3. The predicted octanol–water partition coefficient (Wildman–Crippen LogP) is 4.14. The summed E-state index contributed by atoms with van der Waals surface area (Å²) in [5.74, 6) is 0.331. The lowest BCUT2D eigenvalue weighted by Gasteiger charge is -2.11. The van der Waals surface area contributed by atoms with E-state index in [1.165, 1.54) is 35.0 Å². The molecule has 6 heteroatoms. The molecular weight excluding hydrogens is 326 g/mol. The minimum Gasteiger partial charge on any atom is -0.287 e. The Morgan fingerprint density at radius 2 is 2.22 bits per heavy atom. The molecule has 0 saturated carbocycles. The number of nitrogens with zero attached hydrogens (tertiary/aromatic N) is 3. The standard InChI is InChI=1S/C17H21N3OS2/c1-2-3-4-5-10-20-16(21)14-12-7-6-8-13(12)23-15(14)19-17(20)22-11-9-18/h2-8,10-11H2,1H3. The SMILES string of the molecule is CCCCCCn1c(SCC#N)nc2sc3c(c2c1=O)CCC3. The van der Waals surface area contributed by atoms with Gasteiger partial charge in [0.05, 0.1) is 17.2 Å². The van der Waals surface area contributed by atoms with E-state index in [2.05, 4.69) is 13.0 Å². The summed E-state index contributed by atoms with van der Waals surface area (Å²) in [6.45, 7) is 2.89. The average molecular weight is 348 g/mol. The Kier molecular flexibility index (Phi) is 5.39.